The number of para-hydroxylation sites is 1. The topological polar surface area (TPSA) is 88.9 Å². The van der Waals surface area contributed by atoms with E-state index in [1.165, 1.54) is 4.68 Å². The third-order valence-electron chi connectivity index (χ3n) is 4.36. The molecule has 3 aromatic rings. The van der Waals surface area contributed by atoms with Crippen molar-refractivity contribution >= 4 is 35.1 Å². The number of aromatic nitrogens is 3. The number of hydrogen-bond donors (Lipinski definition) is 2. The number of rotatable bonds is 3. The summed E-state index contributed by atoms with van der Waals surface area (Å²) in [6.07, 6.45) is -0.00582. The molecule has 2 heterocycles. The summed E-state index contributed by atoms with van der Waals surface area (Å²) in [6, 6.07) is 13.7. The molecule has 1 aliphatic heterocycles. The number of benzene rings is 2. The fraction of sp³-hybridized carbons (Fsp3) is 0.158. The van der Waals surface area contributed by atoms with Crippen LogP contribution in [0.1, 0.15) is 18.0 Å². The number of carbonyl (C=O) groups is 2. The Labute approximate surface area is 160 Å². The van der Waals surface area contributed by atoms with Gasteiger partial charge in [0, 0.05) is 16.3 Å². The number of amides is 2. The van der Waals surface area contributed by atoms with Crippen LogP contribution in [-0.2, 0) is 9.59 Å². The standard InChI is InChI=1S/C19H16ClN5O2/c1-11-4-2-3-5-14(11)21-18(27)15-10-16(26)22-19-23-17(24-25(15)19)12-6-8-13(20)9-7-12/h2-9,15H,10H2,1H3,(H,21,27)(H,22,23,24,26)/t15-/m0/s1. The Hall–Kier alpha value is -3.19. The van der Waals surface area contributed by atoms with Gasteiger partial charge in [-0.2, -0.15) is 4.98 Å². The predicted octanol–water partition coefficient (Wildman–Crippen LogP) is 3.43. The second kappa shape index (κ2) is 6.85. The number of hydrogen-bond acceptors (Lipinski definition) is 4. The Bertz CT molecular complexity index is 1030. The Morgan fingerprint density at radius 3 is 2.70 bits per heavy atom. The van der Waals surface area contributed by atoms with Crippen LogP contribution in [0.5, 0.6) is 0 Å². The van der Waals surface area contributed by atoms with Crippen LogP contribution >= 0.6 is 11.6 Å². The SMILES string of the molecule is Cc1ccccc1NC(=O)[C@@H]1CC(=O)Nc2nc(-c3ccc(Cl)cc3)nn21. The third kappa shape index (κ3) is 3.41. The maximum absolute atomic E-state index is 12.8. The van der Waals surface area contributed by atoms with Gasteiger partial charge in [0.2, 0.25) is 17.8 Å². The second-order valence-electron chi connectivity index (χ2n) is 6.28. The maximum atomic E-state index is 12.8. The van der Waals surface area contributed by atoms with E-state index in [2.05, 4.69) is 20.7 Å². The summed E-state index contributed by atoms with van der Waals surface area (Å²) >= 11 is 5.92. The van der Waals surface area contributed by atoms with Crippen LogP contribution in [-0.4, -0.2) is 26.6 Å². The smallest absolute Gasteiger partial charge is 0.249 e. The van der Waals surface area contributed by atoms with Crippen LogP contribution in [0.2, 0.25) is 5.02 Å². The zero-order valence-corrected chi connectivity index (χ0v) is 15.2. The van der Waals surface area contributed by atoms with Crippen LogP contribution in [0.3, 0.4) is 0 Å². The number of anilines is 2. The van der Waals surface area contributed by atoms with E-state index in [1.54, 1.807) is 24.3 Å². The summed E-state index contributed by atoms with van der Waals surface area (Å²) in [7, 11) is 0. The summed E-state index contributed by atoms with van der Waals surface area (Å²) in [6.45, 7) is 1.91. The van der Waals surface area contributed by atoms with Crippen molar-refractivity contribution in [3.05, 3.63) is 59.1 Å². The molecule has 4 rings (SSSR count). The third-order valence-corrected chi connectivity index (χ3v) is 4.62. The van der Waals surface area contributed by atoms with Crippen molar-refractivity contribution in [1.29, 1.82) is 0 Å². The highest BCUT2D eigenvalue weighted by Gasteiger charge is 2.33. The largest absolute Gasteiger partial charge is 0.324 e. The van der Waals surface area contributed by atoms with Crippen LogP contribution in [0.4, 0.5) is 11.6 Å². The minimum absolute atomic E-state index is 0.00582. The monoisotopic (exact) mass is 381 g/mol. The molecule has 1 aromatic heterocycles. The summed E-state index contributed by atoms with van der Waals surface area (Å²) in [5.74, 6) is 0.0779. The highest BCUT2D eigenvalue weighted by Crippen LogP contribution is 2.28. The number of aryl methyl sites for hydroxylation is 1. The number of carbonyl (C=O) groups excluding carboxylic acids is 2. The Morgan fingerprint density at radius 2 is 1.96 bits per heavy atom. The van der Waals surface area contributed by atoms with Crippen molar-refractivity contribution in [2.45, 2.75) is 19.4 Å². The summed E-state index contributed by atoms with van der Waals surface area (Å²) in [4.78, 5) is 29.2. The fourth-order valence-corrected chi connectivity index (χ4v) is 3.04. The molecule has 136 valence electrons. The molecule has 2 amide bonds. The molecule has 0 fully saturated rings. The van der Waals surface area contributed by atoms with Crippen LogP contribution in [0.25, 0.3) is 11.4 Å². The molecule has 0 saturated heterocycles. The normalized spacial score (nSPS) is 15.8. The van der Waals surface area contributed by atoms with Gasteiger partial charge in [0.1, 0.15) is 6.04 Å². The van der Waals surface area contributed by atoms with Crippen molar-refractivity contribution < 1.29 is 9.59 Å². The van der Waals surface area contributed by atoms with Crippen LogP contribution in [0.15, 0.2) is 48.5 Å². The first-order valence-corrected chi connectivity index (χ1v) is 8.78. The molecular formula is C19H16ClN5O2. The van der Waals surface area contributed by atoms with Crippen molar-refractivity contribution in [3.8, 4) is 11.4 Å². The van der Waals surface area contributed by atoms with E-state index in [-0.39, 0.29) is 24.2 Å². The fourth-order valence-electron chi connectivity index (χ4n) is 2.92. The molecule has 2 aromatic carbocycles. The van der Waals surface area contributed by atoms with Crippen molar-refractivity contribution in [2.75, 3.05) is 10.6 Å². The minimum Gasteiger partial charge on any atom is -0.324 e. The van der Waals surface area contributed by atoms with Crippen molar-refractivity contribution in [3.63, 3.8) is 0 Å². The van der Waals surface area contributed by atoms with Gasteiger partial charge in [0.15, 0.2) is 5.82 Å². The molecular weight excluding hydrogens is 366 g/mol. The van der Waals surface area contributed by atoms with Gasteiger partial charge in [-0.25, -0.2) is 4.68 Å². The van der Waals surface area contributed by atoms with Gasteiger partial charge in [-0.15, -0.1) is 5.10 Å². The molecule has 2 N–H and O–H groups in total. The highest BCUT2D eigenvalue weighted by atomic mass is 35.5. The summed E-state index contributed by atoms with van der Waals surface area (Å²) in [5, 5.41) is 10.6. The van der Waals surface area contributed by atoms with E-state index >= 15 is 0 Å². The van der Waals surface area contributed by atoms with E-state index in [1.807, 2.05) is 31.2 Å². The van der Waals surface area contributed by atoms with E-state index in [9.17, 15) is 9.59 Å². The van der Waals surface area contributed by atoms with E-state index < -0.39 is 6.04 Å². The summed E-state index contributed by atoms with van der Waals surface area (Å²) in [5.41, 5.74) is 2.38. The number of halogens is 1. The van der Waals surface area contributed by atoms with Crippen molar-refractivity contribution in [2.24, 2.45) is 0 Å². The van der Waals surface area contributed by atoms with Crippen molar-refractivity contribution in [1.82, 2.24) is 14.8 Å². The van der Waals surface area contributed by atoms with Gasteiger partial charge < -0.3 is 5.32 Å². The maximum Gasteiger partial charge on any atom is 0.249 e. The lowest BCUT2D eigenvalue weighted by atomic mass is 10.1. The predicted molar refractivity (Wildman–Crippen MR) is 103 cm³/mol. The second-order valence-corrected chi connectivity index (χ2v) is 6.72. The van der Waals surface area contributed by atoms with Gasteiger partial charge in [-0.1, -0.05) is 29.8 Å². The Kier molecular flexibility index (Phi) is 4.37. The van der Waals surface area contributed by atoms with Gasteiger partial charge in [0.25, 0.3) is 0 Å². The van der Waals surface area contributed by atoms with Gasteiger partial charge in [-0.05, 0) is 42.8 Å². The lowest BCUT2D eigenvalue weighted by Crippen LogP contribution is -2.36. The quantitative estimate of drug-likeness (QED) is 0.727. The molecule has 0 bridgehead atoms. The molecule has 0 spiro atoms. The first-order valence-electron chi connectivity index (χ1n) is 8.40. The number of fused-ring (bicyclic) bond motifs is 1. The Balaban J connectivity index is 1.66. The average molecular weight is 382 g/mol. The first-order chi connectivity index (χ1) is 13.0. The molecule has 0 unspecified atom stereocenters. The molecule has 27 heavy (non-hydrogen) atoms. The van der Waals surface area contributed by atoms with Crippen LogP contribution < -0.4 is 10.6 Å². The first kappa shape index (κ1) is 17.2. The van der Waals surface area contributed by atoms with E-state index in [0.717, 1.165) is 11.1 Å². The zero-order valence-electron chi connectivity index (χ0n) is 14.4. The number of nitrogens with one attached hydrogen (secondary N) is 2. The molecule has 1 aliphatic rings. The lowest BCUT2D eigenvalue weighted by molar-refractivity contribution is -0.125. The van der Waals surface area contributed by atoms with Gasteiger partial charge in [-0.3, -0.25) is 14.9 Å². The lowest BCUT2D eigenvalue weighted by Gasteiger charge is -2.22. The van der Waals surface area contributed by atoms with E-state index in [4.69, 9.17) is 11.6 Å². The van der Waals surface area contributed by atoms with Gasteiger partial charge >= 0.3 is 0 Å². The number of nitrogens with zero attached hydrogens (tertiary/aromatic N) is 3. The Morgan fingerprint density at radius 1 is 1.22 bits per heavy atom. The minimum atomic E-state index is -0.776. The van der Waals surface area contributed by atoms with Crippen LogP contribution in [0, 0.1) is 6.92 Å². The molecule has 8 heteroatoms. The van der Waals surface area contributed by atoms with Gasteiger partial charge in [0.05, 0.1) is 6.42 Å². The highest BCUT2D eigenvalue weighted by molar-refractivity contribution is 6.30. The molecule has 0 aliphatic carbocycles. The summed E-state index contributed by atoms with van der Waals surface area (Å²) < 4.78 is 1.46. The zero-order chi connectivity index (χ0) is 19.0. The molecule has 7 nitrogen and oxygen atoms in total. The average Bonchev–Trinajstić information content (AvgIpc) is 3.07. The molecule has 1 atom stereocenters. The molecule has 0 radical (unpaired) electrons. The molecule has 0 saturated carbocycles. The van der Waals surface area contributed by atoms with E-state index in [0.29, 0.717) is 16.5 Å².